The van der Waals surface area contributed by atoms with Gasteiger partial charge in [0.15, 0.2) is 0 Å². The lowest BCUT2D eigenvalue weighted by Gasteiger charge is -1.99. The van der Waals surface area contributed by atoms with Crippen LogP contribution in [0, 0.1) is 5.92 Å². The molecular formula is C16H19N5OS. The third-order valence-corrected chi connectivity index (χ3v) is 3.87. The molecule has 0 fully saturated rings. The van der Waals surface area contributed by atoms with Gasteiger partial charge in [-0.2, -0.15) is 4.37 Å². The summed E-state index contributed by atoms with van der Waals surface area (Å²) in [6.45, 7) is 5.01. The average Bonchev–Trinajstić information content (AvgIpc) is 3.18. The predicted molar refractivity (Wildman–Crippen MR) is 90.4 cm³/mol. The minimum atomic E-state index is 0.552. The van der Waals surface area contributed by atoms with E-state index in [1.54, 1.807) is 0 Å². The van der Waals surface area contributed by atoms with Crippen molar-refractivity contribution in [2.45, 2.75) is 26.7 Å². The van der Waals surface area contributed by atoms with Crippen molar-refractivity contribution >= 4 is 16.7 Å². The lowest BCUT2D eigenvalue weighted by Crippen LogP contribution is -2.05. The zero-order valence-corrected chi connectivity index (χ0v) is 14.0. The molecule has 1 aromatic carbocycles. The number of rotatable bonds is 7. The van der Waals surface area contributed by atoms with Crippen molar-refractivity contribution in [3.8, 4) is 11.5 Å². The molecular weight excluding hydrogens is 310 g/mol. The van der Waals surface area contributed by atoms with Crippen LogP contribution in [-0.2, 0) is 12.8 Å². The summed E-state index contributed by atoms with van der Waals surface area (Å²) in [5.41, 5.74) is 0.932. The smallest absolute Gasteiger partial charge is 0.247 e. The second-order valence-electron chi connectivity index (χ2n) is 5.66. The third kappa shape index (κ3) is 4.35. The highest BCUT2D eigenvalue weighted by molar-refractivity contribution is 7.09. The zero-order valence-electron chi connectivity index (χ0n) is 13.2. The van der Waals surface area contributed by atoms with Crippen LogP contribution >= 0.6 is 11.5 Å². The van der Waals surface area contributed by atoms with Crippen LogP contribution in [0.2, 0.25) is 0 Å². The molecule has 0 saturated carbocycles. The van der Waals surface area contributed by atoms with E-state index in [-0.39, 0.29) is 0 Å². The van der Waals surface area contributed by atoms with Crippen LogP contribution in [0.5, 0.6) is 0 Å². The normalized spacial score (nSPS) is 11.1. The Morgan fingerprint density at radius 3 is 2.78 bits per heavy atom. The van der Waals surface area contributed by atoms with Gasteiger partial charge in [-0.1, -0.05) is 32.0 Å². The Hall–Kier alpha value is -2.28. The van der Waals surface area contributed by atoms with E-state index < -0.39 is 0 Å². The Morgan fingerprint density at radius 1 is 1.17 bits per heavy atom. The Kier molecular flexibility index (Phi) is 4.97. The van der Waals surface area contributed by atoms with Crippen LogP contribution in [0.25, 0.3) is 11.5 Å². The Morgan fingerprint density at radius 2 is 2.00 bits per heavy atom. The van der Waals surface area contributed by atoms with Crippen molar-refractivity contribution < 1.29 is 4.42 Å². The van der Waals surface area contributed by atoms with E-state index in [0.29, 0.717) is 30.7 Å². The summed E-state index contributed by atoms with van der Waals surface area (Å²) in [4.78, 5) is 4.46. The monoisotopic (exact) mass is 329 g/mol. The summed E-state index contributed by atoms with van der Waals surface area (Å²) in [6, 6.07) is 9.76. The summed E-state index contributed by atoms with van der Waals surface area (Å²) < 4.78 is 10.0. The minimum Gasteiger partial charge on any atom is -0.421 e. The van der Waals surface area contributed by atoms with Gasteiger partial charge in [0.2, 0.25) is 16.9 Å². The van der Waals surface area contributed by atoms with Crippen molar-refractivity contribution in [1.29, 1.82) is 0 Å². The maximum atomic E-state index is 5.67. The molecule has 0 spiro atoms. The first-order valence-corrected chi connectivity index (χ1v) is 8.42. The van der Waals surface area contributed by atoms with Crippen molar-refractivity contribution in [2.75, 3.05) is 11.9 Å². The van der Waals surface area contributed by atoms with Gasteiger partial charge in [-0.15, -0.1) is 10.2 Å². The Bertz CT molecular complexity index is 738. The van der Waals surface area contributed by atoms with Gasteiger partial charge in [-0.25, -0.2) is 4.98 Å². The second kappa shape index (κ2) is 7.32. The molecule has 2 aromatic heterocycles. The van der Waals surface area contributed by atoms with E-state index in [9.17, 15) is 0 Å². The fourth-order valence-corrected chi connectivity index (χ4v) is 2.72. The standard InChI is InChI=1S/C16H19N5OS/c1-11(2)10-13-18-16(23-21-13)17-9-8-14-19-20-15(22-14)12-6-4-3-5-7-12/h3-7,11H,8-10H2,1-2H3,(H,17,18,21). The summed E-state index contributed by atoms with van der Waals surface area (Å²) in [7, 11) is 0. The second-order valence-corrected chi connectivity index (χ2v) is 6.41. The molecule has 2 heterocycles. The van der Waals surface area contributed by atoms with Crippen LogP contribution in [0.4, 0.5) is 5.13 Å². The number of benzene rings is 1. The van der Waals surface area contributed by atoms with E-state index in [0.717, 1.165) is 22.9 Å². The van der Waals surface area contributed by atoms with Crippen molar-refractivity contribution in [1.82, 2.24) is 19.6 Å². The van der Waals surface area contributed by atoms with Crippen molar-refractivity contribution in [3.63, 3.8) is 0 Å². The fraction of sp³-hybridized carbons (Fsp3) is 0.375. The lowest BCUT2D eigenvalue weighted by molar-refractivity contribution is 0.509. The average molecular weight is 329 g/mol. The minimum absolute atomic E-state index is 0.552. The van der Waals surface area contributed by atoms with Crippen molar-refractivity contribution in [3.05, 3.63) is 42.0 Å². The van der Waals surface area contributed by atoms with Crippen LogP contribution in [0.3, 0.4) is 0 Å². The van der Waals surface area contributed by atoms with Crippen LogP contribution in [0.1, 0.15) is 25.6 Å². The molecule has 0 aliphatic carbocycles. The molecule has 1 N–H and O–H groups in total. The predicted octanol–water partition coefficient (Wildman–Crippen LogP) is 3.44. The van der Waals surface area contributed by atoms with Gasteiger partial charge in [0, 0.05) is 36.5 Å². The molecule has 23 heavy (non-hydrogen) atoms. The molecule has 0 radical (unpaired) electrons. The van der Waals surface area contributed by atoms with E-state index in [1.165, 1.54) is 11.5 Å². The summed E-state index contributed by atoms with van der Waals surface area (Å²) in [5.74, 6) is 2.63. The first-order valence-electron chi connectivity index (χ1n) is 7.65. The van der Waals surface area contributed by atoms with Gasteiger partial charge in [0.1, 0.15) is 5.82 Å². The molecule has 7 heteroatoms. The molecule has 0 atom stereocenters. The largest absolute Gasteiger partial charge is 0.421 e. The summed E-state index contributed by atoms with van der Waals surface area (Å²) in [5, 5.41) is 12.2. The highest BCUT2D eigenvalue weighted by Crippen LogP contribution is 2.17. The van der Waals surface area contributed by atoms with Gasteiger partial charge in [0.05, 0.1) is 0 Å². The highest BCUT2D eigenvalue weighted by atomic mass is 32.1. The molecule has 3 aromatic rings. The van der Waals surface area contributed by atoms with Crippen molar-refractivity contribution in [2.24, 2.45) is 5.92 Å². The molecule has 0 aliphatic rings. The van der Waals surface area contributed by atoms with Gasteiger partial charge in [-0.05, 0) is 18.1 Å². The number of hydrogen-bond donors (Lipinski definition) is 1. The molecule has 0 bridgehead atoms. The SMILES string of the molecule is CC(C)Cc1nsc(NCCc2nnc(-c3ccccc3)o2)n1. The van der Waals surface area contributed by atoms with E-state index in [4.69, 9.17) is 4.42 Å². The molecule has 0 amide bonds. The van der Waals surface area contributed by atoms with E-state index in [2.05, 4.69) is 38.7 Å². The molecule has 0 unspecified atom stereocenters. The first kappa shape index (κ1) is 15.6. The van der Waals surface area contributed by atoms with E-state index >= 15 is 0 Å². The van der Waals surface area contributed by atoms with Gasteiger partial charge < -0.3 is 9.73 Å². The van der Waals surface area contributed by atoms with Crippen LogP contribution in [0.15, 0.2) is 34.7 Å². The number of nitrogens with one attached hydrogen (secondary N) is 1. The van der Waals surface area contributed by atoms with Gasteiger partial charge in [0.25, 0.3) is 0 Å². The highest BCUT2D eigenvalue weighted by Gasteiger charge is 2.09. The third-order valence-electron chi connectivity index (χ3n) is 3.16. The lowest BCUT2D eigenvalue weighted by atomic mass is 10.1. The Balaban J connectivity index is 1.51. The van der Waals surface area contributed by atoms with Crippen LogP contribution in [-0.4, -0.2) is 26.1 Å². The summed E-state index contributed by atoms with van der Waals surface area (Å²) in [6.07, 6.45) is 1.56. The zero-order chi connectivity index (χ0) is 16.1. The van der Waals surface area contributed by atoms with Gasteiger partial charge in [-0.3, -0.25) is 0 Å². The fourth-order valence-electron chi connectivity index (χ4n) is 2.10. The molecule has 120 valence electrons. The topological polar surface area (TPSA) is 76.7 Å². The maximum absolute atomic E-state index is 5.67. The molecule has 3 rings (SSSR count). The van der Waals surface area contributed by atoms with Gasteiger partial charge >= 0.3 is 0 Å². The number of aromatic nitrogens is 4. The maximum Gasteiger partial charge on any atom is 0.247 e. The molecule has 6 nitrogen and oxygen atoms in total. The number of anilines is 1. The first-order chi connectivity index (χ1) is 11.2. The quantitative estimate of drug-likeness (QED) is 0.715. The van der Waals surface area contributed by atoms with E-state index in [1.807, 2.05) is 30.3 Å². The summed E-state index contributed by atoms with van der Waals surface area (Å²) >= 11 is 1.39. The van der Waals surface area contributed by atoms with Crippen LogP contribution < -0.4 is 5.32 Å². The number of hydrogen-bond acceptors (Lipinski definition) is 7. The Labute approximate surface area is 139 Å². The number of nitrogens with zero attached hydrogens (tertiary/aromatic N) is 4. The molecule has 0 aliphatic heterocycles. The molecule has 0 saturated heterocycles.